The number of carbonyl (C=O) groups excluding carboxylic acids is 1. The molecule has 2 rings (SSSR count). The number of methoxy groups -OCH3 is 1. The summed E-state index contributed by atoms with van der Waals surface area (Å²) in [7, 11) is 1.35. The molecule has 1 amide bonds. The molecule has 1 atom stereocenters. The highest BCUT2D eigenvalue weighted by atomic mass is 19.4. The van der Waals surface area contributed by atoms with Gasteiger partial charge in [-0.2, -0.15) is 13.2 Å². The zero-order valence-electron chi connectivity index (χ0n) is 11.9. The van der Waals surface area contributed by atoms with Gasteiger partial charge in [0.1, 0.15) is 0 Å². The first-order valence-electron chi connectivity index (χ1n) is 6.44. The van der Waals surface area contributed by atoms with Crippen LogP contribution < -0.4 is 10.1 Å². The van der Waals surface area contributed by atoms with Gasteiger partial charge in [-0.05, 0) is 22.9 Å². The molecular formula is C14H13F3N2O4. The van der Waals surface area contributed by atoms with Crippen molar-refractivity contribution in [3.05, 3.63) is 47.2 Å². The fourth-order valence-electron chi connectivity index (χ4n) is 1.83. The van der Waals surface area contributed by atoms with Gasteiger partial charge in [0.05, 0.1) is 31.4 Å². The molecular weight excluding hydrogens is 317 g/mol. The van der Waals surface area contributed by atoms with Crippen LogP contribution in [-0.4, -0.2) is 29.9 Å². The number of ether oxygens (including phenoxy) is 1. The highest BCUT2D eigenvalue weighted by Gasteiger charge is 2.30. The molecule has 0 saturated heterocycles. The number of carbonyl (C=O) groups is 1. The highest BCUT2D eigenvalue weighted by molar-refractivity contribution is 5.91. The van der Waals surface area contributed by atoms with Crippen molar-refractivity contribution in [2.45, 2.75) is 12.2 Å². The van der Waals surface area contributed by atoms with Crippen LogP contribution in [0.15, 0.2) is 34.9 Å². The third-order valence-corrected chi connectivity index (χ3v) is 3.05. The standard InChI is InChI=1S/C14H13F3N2O4/c1-22-12-6-11(23-19-12)13(21)18-10(7-20)8-2-4-9(5-3-8)14(15,16)17/h2-6,10,20H,7H2,1H3,(H,18,21)/t10-/m1/s1. The lowest BCUT2D eigenvalue weighted by Gasteiger charge is -2.16. The predicted octanol–water partition coefficient (Wildman–Crippen LogP) is 2.17. The lowest BCUT2D eigenvalue weighted by atomic mass is 10.0. The summed E-state index contributed by atoms with van der Waals surface area (Å²) in [6.07, 6.45) is -4.45. The van der Waals surface area contributed by atoms with Crippen LogP contribution in [0.2, 0.25) is 0 Å². The van der Waals surface area contributed by atoms with E-state index < -0.39 is 30.3 Å². The molecule has 124 valence electrons. The van der Waals surface area contributed by atoms with Gasteiger partial charge >= 0.3 is 6.18 Å². The zero-order chi connectivity index (χ0) is 17.0. The van der Waals surface area contributed by atoms with E-state index in [0.29, 0.717) is 5.56 Å². The Labute approximate surface area is 128 Å². The Kier molecular flexibility index (Phi) is 4.89. The van der Waals surface area contributed by atoms with Crippen molar-refractivity contribution < 1.29 is 32.3 Å². The van der Waals surface area contributed by atoms with Crippen molar-refractivity contribution in [2.24, 2.45) is 0 Å². The van der Waals surface area contributed by atoms with E-state index in [9.17, 15) is 23.1 Å². The number of hydrogen-bond donors (Lipinski definition) is 2. The largest absolute Gasteiger partial charge is 0.479 e. The van der Waals surface area contributed by atoms with Crippen molar-refractivity contribution >= 4 is 5.91 Å². The number of alkyl halides is 3. The average Bonchev–Trinajstić information content (AvgIpc) is 3.01. The monoisotopic (exact) mass is 330 g/mol. The average molecular weight is 330 g/mol. The molecule has 0 bridgehead atoms. The maximum atomic E-state index is 12.5. The first-order valence-corrected chi connectivity index (χ1v) is 6.44. The Morgan fingerprint density at radius 2 is 2.04 bits per heavy atom. The van der Waals surface area contributed by atoms with E-state index in [-0.39, 0.29) is 11.6 Å². The molecule has 0 saturated carbocycles. The fraction of sp³-hybridized carbons (Fsp3) is 0.286. The molecule has 1 heterocycles. The van der Waals surface area contributed by atoms with Crippen LogP contribution in [-0.2, 0) is 6.18 Å². The molecule has 23 heavy (non-hydrogen) atoms. The maximum absolute atomic E-state index is 12.5. The number of aromatic nitrogens is 1. The smallest absolute Gasteiger partial charge is 0.416 e. The Bertz CT molecular complexity index is 667. The van der Waals surface area contributed by atoms with Crippen LogP contribution in [0.3, 0.4) is 0 Å². The highest BCUT2D eigenvalue weighted by Crippen LogP contribution is 2.30. The lowest BCUT2D eigenvalue weighted by Crippen LogP contribution is -2.30. The Morgan fingerprint density at radius 1 is 1.39 bits per heavy atom. The van der Waals surface area contributed by atoms with E-state index in [0.717, 1.165) is 12.1 Å². The molecule has 0 spiro atoms. The second-order valence-electron chi connectivity index (χ2n) is 4.56. The molecule has 9 heteroatoms. The van der Waals surface area contributed by atoms with E-state index in [4.69, 9.17) is 9.26 Å². The normalized spacial score (nSPS) is 12.7. The van der Waals surface area contributed by atoms with Gasteiger partial charge in [-0.25, -0.2) is 0 Å². The minimum Gasteiger partial charge on any atom is -0.479 e. The Balaban J connectivity index is 2.11. The van der Waals surface area contributed by atoms with Gasteiger partial charge in [-0.15, -0.1) is 0 Å². The molecule has 0 aliphatic heterocycles. The third-order valence-electron chi connectivity index (χ3n) is 3.05. The van der Waals surface area contributed by atoms with Crippen molar-refractivity contribution in [3.63, 3.8) is 0 Å². The number of rotatable bonds is 5. The quantitative estimate of drug-likeness (QED) is 0.878. The van der Waals surface area contributed by atoms with Gasteiger partial charge in [-0.1, -0.05) is 12.1 Å². The van der Waals surface area contributed by atoms with E-state index in [1.165, 1.54) is 25.3 Å². The Hall–Kier alpha value is -2.55. The Morgan fingerprint density at radius 3 is 2.52 bits per heavy atom. The number of nitrogens with one attached hydrogen (secondary N) is 1. The van der Waals surface area contributed by atoms with Gasteiger partial charge in [-0.3, -0.25) is 4.79 Å². The first-order chi connectivity index (χ1) is 10.8. The number of amides is 1. The summed E-state index contributed by atoms with van der Waals surface area (Å²) in [6.45, 7) is -0.498. The van der Waals surface area contributed by atoms with Crippen LogP contribution in [0.25, 0.3) is 0 Å². The summed E-state index contributed by atoms with van der Waals surface area (Å²) in [5, 5.41) is 15.2. The first kappa shape index (κ1) is 16.8. The number of hydrogen-bond acceptors (Lipinski definition) is 5. The van der Waals surface area contributed by atoms with Gasteiger partial charge in [0.15, 0.2) is 0 Å². The zero-order valence-corrected chi connectivity index (χ0v) is 11.9. The third kappa shape index (κ3) is 4.01. The molecule has 0 fully saturated rings. The van der Waals surface area contributed by atoms with Crippen molar-refractivity contribution in [3.8, 4) is 5.88 Å². The van der Waals surface area contributed by atoms with Crippen LogP contribution in [0, 0.1) is 0 Å². The van der Waals surface area contributed by atoms with Crippen LogP contribution in [0.1, 0.15) is 27.7 Å². The van der Waals surface area contributed by atoms with Crippen LogP contribution >= 0.6 is 0 Å². The molecule has 0 unspecified atom stereocenters. The number of aliphatic hydroxyl groups excluding tert-OH is 1. The molecule has 2 N–H and O–H groups in total. The topological polar surface area (TPSA) is 84.6 Å². The summed E-state index contributed by atoms with van der Waals surface area (Å²) >= 11 is 0. The van der Waals surface area contributed by atoms with Gasteiger partial charge in [0.2, 0.25) is 5.76 Å². The van der Waals surface area contributed by atoms with Crippen molar-refractivity contribution in [2.75, 3.05) is 13.7 Å². The van der Waals surface area contributed by atoms with E-state index >= 15 is 0 Å². The molecule has 1 aromatic carbocycles. The maximum Gasteiger partial charge on any atom is 0.416 e. The second-order valence-corrected chi connectivity index (χ2v) is 4.56. The minimum absolute atomic E-state index is 0.102. The predicted molar refractivity (Wildman–Crippen MR) is 71.8 cm³/mol. The molecule has 0 radical (unpaired) electrons. The second kappa shape index (κ2) is 6.69. The van der Waals surface area contributed by atoms with Crippen molar-refractivity contribution in [1.82, 2.24) is 10.5 Å². The van der Waals surface area contributed by atoms with Gasteiger partial charge in [0, 0.05) is 0 Å². The van der Waals surface area contributed by atoms with E-state index in [1.54, 1.807) is 0 Å². The van der Waals surface area contributed by atoms with E-state index in [2.05, 4.69) is 10.5 Å². The number of nitrogens with zero attached hydrogens (tertiary/aromatic N) is 1. The van der Waals surface area contributed by atoms with Gasteiger partial charge < -0.3 is 19.7 Å². The fourth-order valence-corrected chi connectivity index (χ4v) is 1.83. The van der Waals surface area contributed by atoms with Gasteiger partial charge in [0.25, 0.3) is 11.8 Å². The summed E-state index contributed by atoms with van der Waals surface area (Å²) < 4.78 is 47.1. The van der Waals surface area contributed by atoms with E-state index in [1.807, 2.05) is 0 Å². The summed E-state index contributed by atoms with van der Waals surface area (Å²) in [5.74, 6) is -0.725. The summed E-state index contributed by atoms with van der Waals surface area (Å²) in [5.41, 5.74) is -0.496. The number of benzene rings is 1. The molecule has 1 aromatic heterocycles. The summed E-state index contributed by atoms with van der Waals surface area (Å²) in [6, 6.07) is 4.48. The number of aliphatic hydroxyl groups is 1. The van der Waals surface area contributed by atoms with Crippen LogP contribution in [0.4, 0.5) is 13.2 Å². The minimum atomic E-state index is -4.45. The molecule has 6 nitrogen and oxygen atoms in total. The SMILES string of the molecule is COc1cc(C(=O)N[C@H](CO)c2ccc(C(F)(F)F)cc2)on1. The molecule has 0 aliphatic carbocycles. The summed E-state index contributed by atoms with van der Waals surface area (Å²) in [4.78, 5) is 12.0. The van der Waals surface area contributed by atoms with Crippen molar-refractivity contribution in [1.29, 1.82) is 0 Å². The van der Waals surface area contributed by atoms with Crippen LogP contribution in [0.5, 0.6) is 5.88 Å². The number of halogens is 3. The molecule has 2 aromatic rings. The molecule has 0 aliphatic rings. The lowest BCUT2D eigenvalue weighted by molar-refractivity contribution is -0.137.